The number of carbonyl (C=O) groups is 4. The first kappa shape index (κ1) is 21.5. The Balaban J connectivity index is 1.96. The molecule has 8 heteroatoms. The van der Waals surface area contributed by atoms with Gasteiger partial charge in [0.1, 0.15) is 0 Å². The molecule has 8 nitrogen and oxygen atoms in total. The Kier molecular flexibility index (Phi) is 7.11. The van der Waals surface area contributed by atoms with E-state index in [1.807, 2.05) is 38.0 Å². The molecule has 2 aliphatic heterocycles. The van der Waals surface area contributed by atoms with E-state index in [2.05, 4.69) is 0 Å². The lowest BCUT2D eigenvalue weighted by atomic mass is 9.70. The zero-order chi connectivity index (χ0) is 20.2. The zero-order valence-corrected chi connectivity index (χ0v) is 17.0. The summed E-state index contributed by atoms with van der Waals surface area (Å²) in [4.78, 5) is 56.8. The number of hydrogen-bond acceptors (Lipinski definition) is 6. The molecule has 2 heterocycles. The van der Waals surface area contributed by atoms with E-state index in [4.69, 9.17) is 0 Å². The topological polar surface area (TPSA) is 81.2 Å². The number of piperidine rings is 2. The fraction of sp³-hybridized carbons (Fsp3) is 0.789. The fourth-order valence-electron chi connectivity index (χ4n) is 3.91. The molecule has 0 N–H and O–H groups in total. The van der Waals surface area contributed by atoms with Crippen LogP contribution in [0.15, 0.2) is 0 Å². The largest absolute Gasteiger partial charge is 0.309 e. The Morgan fingerprint density at radius 2 is 0.963 bits per heavy atom. The van der Waals surface area contributed by atoms with Gasteiger partial charge in [-0.15, -0.1) is 0 Å². The van der Waals surface area contributed by atoms with E-state index in [0.717, 1.165) is 25.9 Å². The molecule has 2 saturated heterocycles. The quantitative estimate of drug-likeness (QED) is 0.559. The Morgan fingerprint density at radius 3 is 1.22 bits per heavy atom. The predicted molar refractivity (Wildman–Crippen MR) is 101 cm³/mol. The Labute approximate surface area is 161 Å². The van der Waals surface area contributed by atoms with Crippen LogP contribution in [0.4, 0.5) is 0 Å². The third-order valence-corrected chi connectivity index (χ3v) is 5.28. The molecule has 2 aliphatic rings. The van der Waals surface area contributed by atoms with Crippen LogP contribution in [0.3, 0.4) is 0 Å². The average molecular weight is 380 g/mol. The second kappa shape index (κ2) is 8.93. The molecule has 0 aromatic heterocycles. The average Bonchev–Trinajstić information content (AvgIpc) is 2.52. The first-order valence-electron chi connectivity index (χ1n) is 9.59. The van der Waals surface area contributed by atoms with Crippen LogP contribution in [0, 0.1) is 5.41 Å². The lowest BCUT2D eigenvalue weighted by Gasteiger charge is -2.43. The van der Waals surface area contributed by atoms with Gasteiger partial charge in [0.25, 0.3) is 0 Å². The second-order valence-corrected chi connectivity index (χ2v) is 8.40. The van der Waals surface area contributed by atoms with Crippen molar-refractivity contribution in [2.75, 3.05) is 54.4 Å². The predicted octanol–water partition coefficient (Wildman–Crippen LogP) is 0.174. The zero-order valence-electron chi connectivity index (χ0n) is 17.0. The molecule has 0 aromatic carbocycles. The van der Waals surface area contributed by atoms with E-state index < -0.39 is 5.41 Å². The summed E-state index contributed by atoms with van der Waals surface area (Å²) in [6.07, 6.45) is 1.84. The minimum Gasteiger partial charge on any atom is -0.309 e. The van der Waals surface area contributed by atoms with Crippen LogP contribution in [-0.2, 0) is 19.2 Å². The van der Waals surface area contributed by atoms with E-state index in [1.165, 1.54) is 9.80 Å². The van der Waals surface area contributed by atoms with Crippen LogP contribution in [0.1, 0.15) is 38.5 Å². The van der Waals surface area contributed by atoms with Crippen molar-refractivity contribution in [2.24, 2.45) is 5.41 Å². The van der Waals surface area contributed by atoms with E-state index in [9.17, 15) is 19.2 Å². The summed E-state index contributed by atoms with van der Waals surface area (Å²) in [6.45, 7) is 2.37. The van der Waals surface area contributed by atoms with Crippen molar-refractivity contribution in [1.82, 2.24) is 19.6 Å². The molecule has 1 spiro atoms. The highest BCUT2D eigenvalue weighted by Crippen LogP contribution is 2.43. The van der Waals surface area contributed by atoms with E-state index >= 15 is 0 Å². The van der Waals surface area contributed by atoms with Gasteiger partial charge >= 0.3 is 0 Å². The van der Waals surface area contributed by atoms with Gasteiger partial charge in [0, 0.05) is 44.2 Å². The van der Waals surface area contributed by atoms with Crippen molar-refractivity contribution in [1.29, 1.82) is 0 Å². The molecule has 0 unspecified atom stereocenters. The van der Waals surface area contributed by atoms with E-state index in [-0.39, 0.29) is 49.3 Å². The Morgan fingerprint density at radius 1 is 0.667 bits per heavy atom. The molecule has 2 rings (SSSR count). The van der Waals surface area contributed by atoms with E-state index in [0.29, 0.717) is 13.1 Å². The minimum atomic E-state index is -0.821. The van der Waals surface area contributed by atoms with Gasteiger partial charge in [0.05, 0.1) is 0 Å². The van der Waals surface area contributed by atoms with Crippen molar-refractivity contribution >= 4 is 23.6 Å². The number of hydrogen-bond donors (Lipinski definition) is 0. The molecule has 27 heavy (non-hydrogen) atoms. The summed E-state index contributed by atoms with van der Waals surface area (Å²) in [7, 11) is 7.77. The van der Waals surface area contributed by atoms with Gasteiger partial charge in [-0.05, 0) is 54.1 Å². The third-order valence-electron chi connectivity index (χ3n) is 5.28. The monoisotopic (exact) mass is 380 g/mol. The molecule has 152 valence electrons. The van der Waals surface area contributed by atoms with Crippen LogP contribution in [0.5, 0.6) is 0 Å². The van der Waals surface area contributed by atoms with Gasteiger partial charge in [-0.2, -0.15) is 0 Å². The van der Waals surface area contributed by atoms with Gasteiger partial charge in [0.15, 0.2) is 0 Å². The van der Waals surface area contributed by atoms with Crippen molar-refractivity contribution in [2.45, 2.75) is 38.5 Å². The van der Waals surface area contributed by atoms with Crippen LogP contribution in [0.2, 0.25) is 0 Å². The van der Waals surface area contributed by atoms with Gasteiger partial charge < -0.3 is 9.80 Å². The van der Waals surface area contributed by atoms with Gasteiger partial charge in [-0.3, -0.25) is 29.0 Å². The van der Waals surface area contributed by atoms with Crippen LogP contribution in [0.25, 0.3) is 0 Å². The normalized spacial score (nSPS) is 20.5. The van der Waals surface area contributed by atoms with Crippen LogP contribution < -0.4 is 0 Å². The number of nitrogens with zero attached hydrogens (tertiary/aromatic N) is 4. The number of imide groups is 2. The maximum atomic E-state index is 12.5. The highest BCUT2D eigenvalue weighted by atomic mass is 16.2. The maximum Gasteiger partial charge on any atom is 0.229 e. The first-order chi connectivity index (χ1) is 12.6. The Bertz CT molecular complexity index is 511. The molecule has 0 bridgehead atoms. The van der Waals surface area contributed by atoms with Crippen LogP contribution >= 0.6 is 0 Å². The van der Waals surface area contributed by atoms with Gasteiger partial charge in [0.2, 0.25) is 23.6 Å². The summed E-state index contributed by atoms with van der Waals surface area (Å²) in [5.41, 5.74) is -0.821. The lowest BCUT2D eigenvalue weighted by Crippen LogP contribution is -2.55. The molecular formula is C19H32N4O4. The van der Waals surface area contributed by atoms with E-state index in [1.54, 1.807) is 0 Å². The summed E-state index contributed by atoms with van der Waals surface area (Å²) in [6, 6.07) is 0. The summed E-state index contributed by atoms with van der Waals surface area (Å²) in [5, 5.41) is 0. The minimum absolute atomic E-state index is 0.101. The highest BCUT2D eigenvalue weighted by Gasteiger charge is 2.50. The maximum absolute atomic E-state index is 12.5. The second-order valence-electron chi connectivity index (χ2n) is 8.40. The fourth-order valence-corrected chi connectivity index (χ4v) is 3.91. The summed E-state index contributed by atoms with van der Waals surface area (Å²) < 4.78 is 0. The van der Waals surface area contributed by atoms with Crippen molar-refractivity contribution < 1.29 is 19.2 Å². The van der Waals surface area contributed by atoms with Crippen LogP contribution in [-0.4, -0.2) is 97.6 Å². The van der Waals surface area contributed by atoms with Gasteiger partial charge in [-0.1, -0.05) is 0 Å². The first-order valence-corrected chi connectivity index (χ1v) is 9.59. The number of amides is 4. The molecule has 0 saturated carbocycles. The molecule has 0 atom stereocenters. The molecule has 0 aromatic rings. The molecule has 0 aliphatic carbocycles. The molecule has 2 fully saturated rings. The molecular weight excluding hydrogens is 348 g/mol. The number of likely N-dealkylation sites (tertiary alicyclic amines) is 2. The summed E-state index contributed by atoms with van der Waals surface area (Å²) in [5.74, 6) is -1.03. The smallest absolute Gasteiger partial charge is 0.229 e. The summed E-state index contributed by atoms with van der Waals surface area (Å²) >= 11 is 0. The molecule has 4 amide bonds. The third kappa shape index (κ3) is 5.59. The number of carbonyl (C=O) groups excluding carboxylic acids is 4. The van der Waals surface area contributed by atoms with Crippen molar-refractivity contribution in [3.8, 4) is 0 Å². The SMILES string of the molecule is CN(C)CCCN1C(=O)CC2(CC1=O)CC(=O)N(CCCN(C)C)C(=O)C2. The van der Waals surface area contributed by atoms with Gasteiger partial charge in [-0.25, -0.2) is 0 Å². The number of rotatable bonds is 8. The Hall–Kier alpha value is -1.80. The standard InChI is InChI=1S/C19H32N4O4/c1-20(2)7-5-9-22-15(24)11-19(12-16(22)25)13-17(26)23(18(27)14-19)10-6-8-21(3)4/h5-14H2,1-4H3. The lowest BCUT2D eigenvalue weighted by molar-refractivity contribution is -0.162. The van der Waals surface area contributed by atoms with Crippen molar-refractivity contribution in [3.05, 3.63) is 0 Å². The molecule has 0 radical (unpaired) electrons. The highest BCUT2D eigenvalue weighted by molar-refractivity contribution is 6.03. The van der Waals surface area contributed by atoms with Crippen molar-refractivity contribution in [3.63, 3.8) is 0 Å².